The minimum Gasteiger partial charge on any atom is -0.465 e. The van der Waals surface area contributed by atoms with Crippen molar-refractivity contribution in [1.82, 2.24) is 15.2 Å². The minimum absolute atomic E-state index is 0.0814. The number of aliphatic hydroxyl groups excluding tert-OH is 1. The van der Waals surface area contributed by atoms with Crippen LogP contribution in [0.4, 0.5) is 9.59 Å². The van der Waals surface area contributed by atoms with Crippen molar-refractivity contribution in [2.24, 2.45) is 0 Å². The Morgan fingerprint density at radius 1 is 1.03 bits per heavy atom. The largest absolute Gasteiger partial charge is 0.465 e. The Balaban J connectivity index is 1.81. The number of carbonyl (C=O) groups excluding carboxylic acids is 1. The number of nitrogens with one attached hydrogen (secondary N) is 1. The van der Waals surface area contributed by atoms with Crippen LogP contribution in [0.2, 0.25) is 0 Å². The van der Waals surface area contributed by atoms with Gasteiger partial charge in [-0.1, -0.05) is 60.7 Å². The van der Waals surface area contributed by atoms with E-state index >= 15 is 0 Å². The molecule has 0 unspecified atom stereocenters. The van der Waals surface area contributed by atoms with Crippen molar-refractivity contribution in [1.29, 1.82) is 0 Å². The Morgan fingerprint density at radius 3 is 2.14 bits per heavy atom. The number of benzene rings is 2. The van der Waals surface area contributed by atoms with Gasteiger partial charge < -0.3 is 25.2 Å². The monoisotopic (exact) mass is 525 g/mol. The molecule has 1 aromatic heterocycles. The zero-order valence-corrected chi connectivity index (χ0v) is 22.2. The molecule has 0 aliphatic rings. The molecule has 198 valence electrons. The van der Waals surface area contributed by atoms with E-state index in [1.165, 1.54) is 16.2 Å². The fraction of sp³-hybridized carbons (Fsp3) is 0.393. The standard InChI is InChI=1S/C28H35N3O5S/c1-28(2,3)31(27(34)35)22(14-20-10-6-4-7-11-20)16-25(32)24(15-21-12-8-5-9-13-21)30-26(33)36-18-23-17-29-19-37-23/h4-13,17,19,22,24-25,32H,14-16,18H2,1-3H3,(H,30,33)(H,34,35)/t22-,24-,25+/m0/s1. The number of hydrogen-bond acceptors (Lipinski definition) is 6. The summed E-state index contributed by atoms with van der Waals surface area (Å²) in [6, 6.07) is 17.9. The summed E-state index contributed by atoms with van der Waals surface area (Å²) in [5.41, 5.74) is 2.86. The highest BCUT2D eigenvalue weighted by atomic mass is 32.1. The number of nitrogens with zero attached hydrogens (tertiary/aromatic N) is 2. The molecule has 3 N–H and O–H groups in total. The zero-order valence-electron chi connectivity index (χ0n) is 21.4. The van der Waals surface area contributed by atoms with Crippen molar-refractivity contribution in [3.8, 4) is 0 Å². The predicted molar refractivity (Wildman–Crippen MR) is 144 cm³/mol. The molecule has 3 atom stereocenters. The van der Waals surface area contributed by atoms with Gasteiger partial charge in [0.1, 0.15) is 6.61 Å². The maximum absolute atomic E-state index is 12.7. The highest BCUT2D eigenvalue weighted by molar-refractivity contribution is 7.09. The fourth-order valence-corrected chi connectivity index (χ4v) is 4.90. The van der Waals surface area contributed by atoms with Crippen LogP contribution in [0, 0.1) is 0 Å². The Kier molecular flexibility index (Phi) is 10.0. The van der Waals surface area contributed by atoms with Crippen molar-refractivity contribution >= 4 is 23.5 Å². The van der Waals surface area contributed by atoms with Crippen LogP contribution in [-0.4, -0.2) is 56.0 Å². The van der Waals surface area contributed by atoms with Gasteiger partial charge in [0, 0.05) is 17.8 Å². The third-order valence-electron chi connectivity index (χ3n) is 6.02. The maximum atomic E-state index is 12.7. The van der Waals surface area contributed by atoms with Gasteiger partial charge in [0.15, 0.2) is 0 Å². The summed E-state index contributed by atoms with van der Waals surface area (Å²) >= 11 is 1.38. The molecule has 0 saturated carbocycles. The van der Waals surface area contributed by atoms with Gasteiger partial charge in [0.2, 0.25) is 0 Å². The van der Waals surface area contributed by atoms with E-state index < -0.39 is 35.9 Å². The van der Waals surface area contributed by atoms with Crippen LogP contribution < -0.4 is 5.32 Å². The minimum atomic E-state index is -1.06. The molecular weight excluding hydrogens is 490 g/mol. The second kappa shape index (κ2) is 13.2. The first-order valence-corrected chi connectivity index (χ1v) is 13.1. The second-order valence-electron chi connectivity index (χ2n) is 9.95. The number of thiazole rings is 1. The Labute approximate surface area is 221 Å². The Morgan fingerprint density at radius 2 is 1.62 bits per heavy atom. The molecule has 8 nitrogen and oxygen atoms in total. The summed E-state index contributed by atoms with van der Waals surface area (Å²) in [6.07, 6.45) is -0.195. The van der Waals surface area contributed by atoms with Crippen molar-refractivity contribution in [3.05, 3.63) is 88.4 Å². The number of hydrogen-bond donors (Lipinski definition) is 3. The molecule has 0 aliphatic carbocycles. The molecule has 0 radical (unpaired) electrons. The molecule has 3 rings (SSSR count). The van der Waals surface area contributed by atoms with E-state index in [9.17, 15) is 19.8 Å². The fourth-order valence-electron chi connectivity index (χ4n) is 4.39. The molecule has 1 heterocycles. The maximum Gasteiger partial charge on any atom is 0.407 e. The number of aromatic nitrogens is 1. The first-order chi connectivity index (χ1) is 17.6. The molecule has 37 heavy (non-hydrogen) atoms. The van der Waals surface area contributed by atoms with Gasteiger partial charge in [-0.2, -0.15) is 0 Å². The van der Waals surface area contributed by atoms with Crippen molar-refractivity contribution in [2.45, 2.75) is 70.4 Å². The first-order valence-electron chi connectivity index (χ1n) is 12.2. The third-order valence-corrected chi connectivity index (χ3v) is 6.77. The van der Waals surface area contributed by atoms with Gasteiger partial charge in [0.25, 0.3) is 0 Å². The van der Waals surface area contributed by atoms with Gasteiger partial charge in [-0.15, -0.1) is 11.3 Å². The van der Waals surface area contributed by atoms with Crippen LogP contribution in [0.1, 0.15) is 43.2 Å². The Hall–Kier alpha value is -3.43. The average Bonchev–Trinajstić information content (AvgIpc) is 3.36. The molecule has 0 saturated heterocycles. The number of ether oxygens (including phenoxy) is 1. The van der Waals surface area contributed by atoms with E-state index in [2.05, 4.69) is 10.3 Å². The van der Waals surface area contributed by atoms with E-state index in [4.69, 9.17) is 4.74 Å². The molecule has 2 aromatic carbocycles. The molecule has 2 amide bonds. The van der Waals surface area contributed by atoms with Crippen molar-refractivity contribution in [3.63, 3.8) is 0 Å². The third kappa shape index (κ3) is 8.87. The zero-order chi connectivity index (χ0) is 26.8. The van der Waals surface area contributed by atoms with Crippen LogP contribution in [0.15, 0.2) is 72.4 Å². The van der Waals surface area contributed by atoms with Crippen LogP contribution in [0.3, 0.4) is 0 Å². The van der Waals surface area contributed by atoms with Crippen LogP contribution in [0.25, 0.3) is 0 Å². The summed E-state index contributed by atoms with van der Waals surface area (Å²) in [6.45, 7) is 5.59. The lowest BCUT2D eigenvalue weighted by molar-refractivity contribution is 0.0334. The SMILES string of the molecule is CC(C)(C)N(C(=O)O)[C@@H](Cc1ccccc1)C[C@@H](O)[C@H](Cc1ccccc1)NC(=O)OCc1cncs1. The van der Waals surface area contributed by atoms with Gasteiger partial charge in [-0.3, -0.25) is 4.98 Å². The Bertz CT molecular complexity index is 1100. The number of carbonyl (C=O) groups is 2. The predicted octanol–water partition coefficient (Wildman–Crippen LogP) is 5.12. The van der Waals surface area contributed by atoms with Crippen LogP contribution in [-0.2, 0) is 24.2 Å². The number of rotatable bonds is 11. The van der Waals surface area contributed by atoms with Crippen molar-refractivity contribution < 1.29 is 24.5 Å². The number of amides is 2. The highest BCUT2D eigenvalue weighted by Gasteiger charge is 2.36. The highest BCUT2D eigenvalue weighted by Crippen LogP contribution is 2.25. The van der Waals surface area contributed by atoms with Gasteiger partial charge in [-0.25, -0.2) is 9.59 Å². The lowest BCUT2D eigenvalue weighted by Crippen LogP contribution is -2.55. The number of aliphatic hydroxyl groups is 1. The number of carboxylic acid groups (broad SMARTS) is 1. The normalized spacial score (nSPS) is 13.8. The lowest BCUT2D eigenvalue weighted by atomic mass is 9.90. The van der Waals surface area contributed by atoms with E-state index in [0.29, 0.717) is 12.8 Å². The molecule has 0 aliphatic heterocycles. The summed E-state index contributed by atoms with van der Waals surface area (Å²) in [7, 11) is 0. The summed E-state index contributed by atoms with van der Waals surface area (Å²) in [4.78, 5) is 31.2. The average molecular weight is 526 g/mol. The van der Waals surface area contributed by atoms with E-state index in [1.54, 1.807) is 11.7 Å². The van der Waals surface area contributed by atoms with Crippen LogP contribution >= 0.6 is 11.3 Å². The molecule has 0 bridgehead atoms. The topological polar surface area (TPSA) is 112 Å². The summed E-state index contributed by atoms with van der Waals surface area (Å²) in [5.74, 6) is 0. The van der Waals surface area contributed by atoms with Crippen molar-refractivity contribution in [2.75, 3.05) is 0 Å². The molecule has 3 aromatic rings. The quantitative estimate of drug-likeness (QED) is 0.320. The number of alkyl carbamates (subject to hydrolysis) is 1. The van der Waals surface area contributed by atoms with E-state index in [0.717, 1.165) is 16.0 Å². The summed E-state index contributed by atoms with van der Waals surface area (Å²) in [5, 5.41) is 24.3. The first kappa shape index (κ1) is 28.1. The molecule has 9 heteroatoms. The van der Waals surface area contributed by atoms with Gasteiger partial charge >= 0.3 is 12.2 Å². The van der Waals surface area contributed by atoms with Gasteiger partial charge in [0.05, 0.1) is 22.5 Å². The van der Waals surface area contributed by atoms with E-state index in [-0.39, 0.29) is 13.0 Å². The lowest BCUT2D eigenvalue weighted by Gasteiger charge is -2.41. The van der Waals surface area contributed by atoms with Crippen LogP contribution in [0.5, 0.6) is 0 Å². The summed E-state index contributed by atoms with van der Waals surface area (Å²) < 4.78 is 5.35. The second-order valence-corrected chi connectivity index (χ2v) is 10.9. The van der Waals surface area contributed by atoms with E-state index in [1.807, 2.05) is 81.4 Å². The smallest absolute Gasteiger partial charge is 0.407 e. The van der Waals surface area contributed by atoms with Gasteiger partial charge in [-0.05, 0) is 51.2 Å². The molecular formula is C28H35N3O5S. The molecule has 0 spiro atoms. The molecule has 0 fully saturated rings.